The van der Waals surface area contributed by atoms with Crippen molar-refractivity contribution in [2.45, 2.75) is 13.0 Å². The Labute approximate surface area is 121 Å². The maximum absolute atomic E-state index is 11.8. The molecular weight excluding hydrogens is 270 g/mol. The van der Waals surface area contributed by atoms with Gasteiger partial charge in [0.15, 0.2) is 0 Å². The molecule has 0 radical (unpaired) electrons. The fourth-order valence-corrected chi connectivity index (χ4v) is 2.81. The Kier molecular flexibility index (Phi) is 2.94. The molecule has 0 unspecified atom stereocenters. The minimum atomic E-state index is -2.01. The largest absolute Gasteiger partial charge is 0.452 e. The number of hydrogen-bond donors (Lipinski definition) is 0. The van der Waals surface area contributed by atoms with Crippen molar-refractivity contribution < 1.29 is 9.53 Å². The first-order valence-electron chi connectivity index (χ1n) is 5.90. The second-order valence-corrected chi connectivity index (χ2v) is 4.72. The molecule has 2 aliphatic heterocycles. The number of hydrogen-bond acceptors (Lipinski definition) is 6. The van der Waals surface area contributed by atoms with E-state index in [1.54, 1.807) is 31.2 Å². The lowest BCUT2D eigenvalue weighted by Crippen LogP contribution is -2.60. The lowest BCUT2D eigenvalue weighted by atomic mass is 9.53. The van der Waals surface area contributed by atoms with Crippen LogP contribution in [-0.2, 0) is 4.74 Å². The average Bonchev–Trinajstić information content (AvgIpc) is 2.53. The first kappa shape index (κ1) is 14.1. The minimum Gasteiger partial charge on any atom is -0.452 e. The summed E-state index contributed by atoms with van der Waals surface area (Å²) in [5.74, 6) is 0. The van der Waals surface area contributed by atoms with E-state index in [1.165, 1.54) is 19.4 Å². The first-order valence-corrected chi connectivity index (χ1v) is 5.90. The van der Waals surface area contributed by atoms with Gasteiger partial charge in [0.25, 0.3) is 0 Å². The lowest BCUT2D eigenvalue weighted by molar-refractivity contribution is 0.0951. The van der Waals surface area contributed by atoms with E-state index in [1.807, 2.05) is 0 Å². The van der Waals surface area contributed by atoms with Gasteiger partial charge in [-0.3, -0.25) is 4.90 Å². The summed E-state index contributed by atoms with van der Waals surface area (Å²) in [6, 6.07) is 6.11. The number of rotatable bonds is 0. The van der Waals surface area contributed by atoms with Gasteiger partial charge in [0.1, 0.15) is 0 Å². The maximum Gasteiger partial charge on any atom is 0.414 e. The molecular formula is C14H9N5O2. The summed E-state index contributed by atoms with van der Waals surface area (Å²) in [6.07, 6.45) is 2.08. The summed E-state index contributed by atoms with van der Waals surface area (Å²) in [4.78, 5) is 12.9. The Morgan fingerprint density at radius 3 is 2.24 bits per heavy atom. The molecule has 0 fully saturated rings. The van der Waals surface area contributed by atoms with E-state index in [0.29, 0.717) is 5.57 Å². The monoisotopic (exact) mass is 279 g/mol. The molecule has 2 heterocycles. The average molecular weight is 279 g/mol. The van der Waals surface area contributed by atoms with Crippen molar-refractivity contribution in [3.8, 4) is 24.3 Å². The zero-order chi connectivity index (χ0) is 15.8. The van der Waals surface area contributed by atoms with Crippen molar-refractivity contribution >= 4 is 6.09 Å². The van der Waals surface area contributed by atoms with E-state index in [-0.39, 0.29) is 5.57 Å². The highest BCUT2D eigenvalue weighted by atomic mass is 16.5. The van der Waals surface area contributed by atoms with Gasteiger partial charge in [0, 0.05) is 11.8 Å². The van der Waals surface area contributed by atoms with Crippen molar-refractivity contribution in [1.82, 2.24) is 4.90 Å². The van der Waals surface area contributed by atoms with Crippen molar-refractivity contribution in [3.63, 3.8) is 0 Å². The van der Waals surface area contributed by atoms with Gasteiger partial charge in [-0.05, 0) is 12.5 Å². The van der Waals surface area contributed by atoms with Crippen LogP contribution in [0.25, 0.3) is 0 Å². The van der Waals surface area contributed by atoms with Gasteiger partial charge in [0.2, 0.25) is 10.8 Å². The van der Waals surface area contributed by atoms with Gasteiger partial charge >= 0.3 is 6.09 Å². The number of amides is 1. The van der Waals surface area contributed by atoms with Crippen LogP contribution in [0.15, 0.2) is 23.4 Å². The number of allylic oxidation sites excluding steroid dienone is 2. The Morgan fingerprint density at radius 1 is 1.24 bits per heavy atom. The molecule has 0 aromatic heterocycles. The van der Waals surface area contributed by atoms with Gasteiger partial charge in [-0.25, -0.2) is 4.79 Å². The van der Waals surface area contributed by atoms with E-state index in [2.05, 4.69) is 4.74 Å². The molecule has 0 N–H and O–H groups in total. The smallest absolute Gasteiger partial charge is 0.414 e. The normalized spacial score (nSPS) is 23.5. The van der Waals surface area contributed by atoms with Gasteiger partial charge in [0.05, 0.1) is 37.4 Å². The van der Waals surface area contributed by atoms with Crippen LogP contribution < -0.4 is 0 Å². The molecule has 7 nitrogen and oxygen atoms in total. The molecule has 102 valence electrons. The van der Waals surface area contributed by atoms with Crippen LogP contribution in [0.1, 0.15) is 6.92 Å². The zero-order valence-electron chi connectivity index (χ0n) is 11.3. The molecule has 2 bridgehead atoms. The summed E-state index contributed by atoms with van der Waals surface area (Å²) in [5, 5.41) is 38.0. The predicted octanol–water partition coefficient (Wildman–Crippen LogP) is 1.35. The van der Waals surface area contributed by atoms with E-state index < -0.39 is 23.0 Å². The summed E-state index contributed by atoms with van der Waals surface area (Å²) in [6.45, 7) is 1.66. The number of ether oxygens (including phenoxy) is 1. The SMILES string of the molecule is COC(=O)N1C=C2C(C)=C[C@@H]1C(C#N)(C#N)C2(C#N)C#N. The Balaban J connectivity index is 2.86. The van der Waals surface area contributed by atoms with Crippen LogP contribution in [0.4, 0.5) is 4.79 Å². The van der Waals surface area contributed by atoms with Crippen LogP contribution in [0, 0.1) is 56.2 Å². The minimum absolute atomic E-state index is 0.170. The molecule has 3 aliphatic rings. The topological polar surface area (TPSA) is 125 Å². The molecule has 7 heteroatoms. The molecule has 0 spiro atoms. The fourth-order valence-electron chi connectivity index (χ4n) is 2.81. The standard InChI is InChI=1S/C14H9N5O2/c1-9-3-11-14(7-17,8-18)13(5-15,6-16)10(9)4-19(11)12(20)21-2/h3-4,11H,1-2H3/t11-/m1/s1. The summed E-state index contributed by atoms with van der Waals surface area (Å²) >= 11 is 0. The van der Waals surface area contributed by atoms with Gasteiger partial charge in [-0.15, -0.1) is 0 Å². The summed E-state index contributed by atoms with van der Waals surface area (Å²) < 4.78 is 4.62. The van der Waals surface area contributed by atoms with Crippen molar-refractivity contribution in [3.05, 3.63) is 23.4 Å². The molecule has 1 amide bonds. The number of carbonyl (C=O) groups is 1. The van der Waals surface area contributed by atoms with E-state index in [4.69, 9.17) is 0 Å². The quantitative estimate of drug-likeness (QED) is 0.658. The molecule has 0 aromatic rings. The third-order valence-electron chi connectivity index (χ3n) is 3.91. The van der Waals surface area contributed by atoms with Crippen molar-refractivity contribution in [2.24, 2.45) is 10.8 Å². The van der Waals surface area contributed by atoms with Gasteiger partial charge < -0.3 is 4.74 Å². The highest BCUT2D eigenvalue weighted by Gasteiger charge is 2.67. The Bertz CT molecular complexity index is 722. The third-order valence-corrected chi connectivity index (χ3v) is 3.91. The maximum atomic E-state index is 11.8. The van der Waals surface area contributed by atoms with Crippen molar-refractivity contribution in [1.29, 1.82) is 21.0 Å². The van der Waals surface area contributed by atoms with Crippen LogP contribution in [-0.4, -0.2) is 24.1 Å². The number of fused-ring (bicyclic) bond motifs is 2. The van der Waals surface area contributed by atoms with E-state index in [9.17, 15) is 25.8 Å². The highest BCUT2D eigenvalue weighted by Crippen LogP contribution is 2.57. The number of nitriles is 4. The Hall–Kier alpha value is -3.29. The summed E-state index contributed by atoms with van der Waals surface area (Å²) in [5.41, 5.74) is -3.19. The second-order valence-electron chi connectivity index (χ2n) is 4.72. The number of methoxy groups -OCH3 is 1. The molecule has 21 heavy (non-hydrogen) atoms. The van der Waals surface area contributed by atoms with Crippen LogP contribution >= 0.6 is 0 Å². The van der Waals surface area contributed by atoms with E-state index >= 15 is 0 Å². The highest BCUT2D eigenvalue weighted by molar-refractivity contribution is 5.74. The molecule has 3 rings (SSSR count). The van der Waals surface area contributed by atoms with E-state index in [0.717, 1.165) is 4.90 Å². The first-order chi connectivity index (χ1) is 9.97. The van der Waals surface area contributed by atoms with Crippen LogP contribution in [0.2, 0.25) is 0 Å². The molecule has 1 atom stereocenters. The lowest BCUT2D eigenvalue weighted by Gasteiger charge is -2.49. The molecule has 0 saturated heterocycles. The van der Waals surface area contributed by atoms with Crippen LogP contribution in [0.5, 0.6) is 0 Å². The van der Waals surface area contributed by atoms with Gasteiger partial charge in [-0.1, -0.05) is 6.08 Å². The number of nitrogens with zero attached hydrogens (tertiary/aromatic N) is 5. The van der Waals surface area contributed by atoms with Crippen molar-refractivity contribution in [2.75, 3.05) is 7.11 Å². The predicted molar refractivity (Wildman–Crippen MR) is 67.2 cm³/mol. The third kappa shape index (κ3) is 1.35. The van der Waals surface area contributed by atoms with Crippen LogP contribution in [0.3, 0.4) is 0 Å². The zero-order valence-corrected chi connectivity index (χ0v) is 11.3. The molecule has 1 aliphatic carbocycles. The second kappa shape index (κ2) is 4.37. The number of carbonyl (C=O) groups excluding carboxylic acids is 1. The fraction of sp³-hybridized carbons (Fsp3) is 0.357. The van der Waals surface area contributed by atoms with Gasteiger partial charge in [-0.2, -0.15) is 21.0 Å². The molecule has 0 saturated carbocycles. The summed E-state index contributed by atoms with van der Waals surface area (Å²) in [7, 11) is 1.17. The molecule has 0 aromatic carbocycles. The Morgan fingerprint density at radius 2 is 1.81 bits per heavy atom.